The third kappa shape index (κ3) is 2.99. The van der Waals surface area contributed by atoms with E-state index in [1.165, 1.54) is 6.33 Å². The number of rotatable bonds is 4. The number of nitrogens with two attached hydrogens (primary N) is 1. The lowest BCUT2D eigenvalue weighted by atomic mass is 10.0. The van der Waals surface area contributed by atoms with Crippen molar-refractivity contribution in [2.24, 2.45) is 11.7 Å². The summed E-state index contributed by atoms with van der Waals surface area (Å²) in [4.78, 5) is 7.91. The van der Waals surface area contributed by atoms with Crippen LogP contribution >= 0.6 is 0 Å². The van der Waals surface area contributed by atoms with E-state index in [9.17, 15) is 0 Å². The summed E-state index contributed by atoms with van der Waals surface area (Å²) in [7, 11) is 0. The Hall–Kier alpha value is -1.16. The van der Waals surface area contributed by atoms with Gasteiger partial charge < -0.3 is 11.1 Å². The topological polar surface area (TPSA) is 63.8 Å². The average Bonchev–Trinajstić information content (AvgIpc) is 2.18. The van der Waals surface area contributed by atoms with Crippen molar-refractivity contribution in [3.05, 3.63) is 18.6 Å². The minimum absolute atomic E-state index is 0.333. The first-order chi connectivity index (χ1) is 6.24. The van der Waals surface area contributed by atoms with Gasteiger partial charge in [-0.15, -0.1) is 0 Å². The highest BCUT2D eigenvalue weighted by Gasteiger charge is 2.09. The van der Waals surface area contributed by atoms with E-state index in [1.54, 1.807) is 6.20 Å². The summed E-state index contributed by atoms with van der Waals surface area (Å²) in [5.74, 6) is 1.29. The maximum absolute atomic E-state index is 5.55. The highest BCUT2D eigenvalue weighted by Crippen LogP contribution is 2.07. The summed E-state index contributed by atoms with van der Waals surface area (Å²) in [5.41, 5.74) is 5.55. The fraction of sp³-hybridized carbons (Fsp3) is 0.556. The van der Waals surface area contributed by atoms with E-state index < -0.39 is 0 Å². The van der Waals surface area contributed by atoms with Gasteiger partial charge in [0.15, 0.2) is 0 Å². The van der Waals surface area contributed by atoms with E-state index in [0.717, 1.165) is 5.82 Å². The largest absolute Gasteiger partial charge is 0.367 e. The van der Waals surface area contributed by atoms with Gasteiger partial charge in [-0.05, 0) is 25.5 Å². The number of nitrogens with one attached hydrogen (secondary N) is 1. The molecule has 1 aromatic heterocycles. The second kappa shape index (κ2) is 4.77. The van der Waals surface area contributed by atoms with Gasteiger partial charge in [0.1, 0.15) is 12.1 Å². The van der Waals surface area contributed by atoms with Crippen molar-refractivity contribution in [2.75, 3.05) is 11.9 Å². The van der Waals surface area contributed by atoms with Gasteiger partial charge in [-0.3, -0.25) is 0 Å². The van der Waals surface area contributed by atoms with Gasteiger partial charge in [0, 0.05) is 12.2 Å². The van der Waals surface area contributed by atoms with Crippen molar-refractivity contribution in [1.82, 2.24) is 9.97 Å². The highest BCUT2D eigenvalue weighted by molar-refractivity contribution is 5.32. The standard InChI is InChI=1S/C9H16N4/c1-7(5-10)8(2)13-9-3-4-11-6-12-9/h3-4,6-8H,5,10H2,1-2H3,(H,11,12,13). The Kier molecular flexibility index (Phi) is 3.64. The monoisotopic (exact) mass is 180 g/mol. The first-order valence-electron chi connectivity index (χ1n) is 4.46. The van der Waals surface area contributed by atoms with Crippen molar-refractivity contribution in [3.63, 3.8) is 0 Å². The fourth-order valence-electron chi connectivity index (χ4n) is 0.956. The number of aromatic nitrogens is 2. The summed E-state index contributed by atoms with van der Waals surface area (Å²) in [6.07, 6.45) is 3.25. The van der Waals surface area contributed by atoms with Crippen LogP contribution in [0.3, 0.4) is 0 Å². The van der Waals surface area contributed by atoms with Crippen molar-refractivity contribution >= 4 is 5.82 Å². The Bertz CT molecular complexity index is 237. The molecule has 1 aromatic rings. The van der Waals surface area contributed by atoms with Gasteiger partial charge in [-0.25, -0.2) is 9.97 Å². The molecule has 72 valence electrons. The lowest BCUT2D eigenvalue weighted by molar-refractivity contribution is 0.520. The maximum Gasteiger partial charge on any atom is 0.129 e. The van der Waals surface area contributed by atoms with Crippen molar-refractivity contribution in [2.45, 2.75) is 19.9 Å². The number of hydrogen-bond acceptors (Lipinski definition) is 4. The number of hydrogen-bond donors (Lipinski definition) is 2. The minimum Gasteiger partial charge on any atom is -0.367 e. The Labute approximate surface area is 78.6 Å². The predicted molar refractivity (Wildman–Crippen MR) is 53.3 cm³/mol. The Balaban J connectivity index is 2.50. The summed E-state index contributed by atoms with van der Waals surface area (Å²) in [6.45, 7) is 4.89. The second-order valence-corrected chi connectivity index (χ2v) is 3.24. The van der Waals surface area contributed by atoms with E-state index in [0.29, 0.717) is 18.5 Å². The number of anilines is 1. The Morgan fingerprint density at radius 3 is 2.85 bits per heavy atom. The van der Waals surface area contributed by atoms with Crippen LogP contribution < -0.4 is 11.1 Å². The van der Waals surface area contributed by atoms with Crippen LogP contribution in [0, 0.1) is 5.92 Å². The van der Waals surface area contributed by atoms with Crippen molar-refractivity contribution in [3.8, 4) is 0 Å². The molecule has 0 fully saturated rings. The average molecular weight is 180 g/mol. The Morgan fingerprint density at radius 2 is 2.31 bits per heavy atom. The van der Waals surface area contributed by atoms with Crippen LogP contribution in [0.4, 0.5) is 5.82 Å². The van der Waals surface area contributed by atoms with Gasteiger partial charge in [0.05, 0.1) is 0 Å². The van der Waals surface area contributed by atoms with Crippen LogP contribution in [0.25, 0.3) is 0 Å². The van der Waals surface area contributed by atoms with E-state index in [2.05, 4.69) is 29.1 Å². The first-order valence-corrected chi connectivity index (χ1v) is 4.46. The zero-order valence-electron chi connectivity index (χ0n) is 8.07. The van der Waals surface area contributed by atoms with E-state index >= 15 is 0 Å². The molecule has 2 unspecified atom stereocenters. The molecule has 0 aliphatic rings. The molecule has 13 heavy (non-hydrogen) atoms. The predicted octanol–water partition coefficient (Wildman–Crippen LogP) is 0.872. The summed E-state index contributed by atoms with van der Waals surface area (Å²) >= 11 is 0. The van der Waals surface area contributed by atoms with Gasteiger partial charge in [0.2, 0.25) is 0 Å². The molecule has 0 bridgehead atoms. The third-order valence-electron chi connectivity index (χ3n) is 2.18. The van der Waals surface area contributed by atoms with E-state index in [4.69, 9.17) is 5.73 Å². The normalized spacial score (nSPS) is 15.0. The molecule has 1 heterocycles. The molecule has 0 saturated carbocycles. The molecule has 3 N–H and O–H groups in total. The van der Waals surface area contributed by atoms with Crippen molar-refractivity contribution in [1.29, 1.82) is 0 Å². The van der Waals surface area contributed by atoms with Gasteiger partial charge in [-0.1, -0.05) is 6.92 Å². The molecule has 1 rings (SSSR count). The fourth-order valence-corrected chi connectivity index (χ4v) is 0.956. The molecular formula is C9H16N4. The smallest absolute Gasteiger partial charge is 0.129 e. The molecule has 0 aliphatic carbocycles. The molecule has 0 spiro atoms. The molecule has 2 atom stereocenters. The van der Waals surface area contributed by atoms with Crippen molar-refractivity contribution < 1.29 is 0 Å². The second-order valence-electron chi connectivity index (χ2n) is 3.24. The van der Waals surface area contributed by atoms with Crippen LogP contribution in [0.1, 0.15) is 13.8 Å². The summed E-state index contributed by atoms with van der Waals surface area (Å²) in [6, 6.07) is 2.18. The summed E-state index contributed by atoms with van der Waals surface area (Å²) < 4.78 is 0. The minimum atomic E-state index is 0.333. The zero-order chi connectivity index (χ0) is 9.68. The van der Waals surface area contributed by atoms with Gasteiger partial charge >= 0.3 is 0 Å². The lowest BCUT2D eigenvalue weighted by Crippen LogP contribution is -2.29. The van der Waals surface area contributed by atoms with Gasteiger partial charge in [-0.2, -0.15) is 0 Å². The molecule has 0 saturated heterocycles. The lowest BCUT2D eigenvalue weighted by Gasteiger charge is -2.19. The highest BCUT2D eigenvalue weighted by atomic mass is 15.0. The quantitative estimate of drug-likeness (QED) is 0.721. The maximum atomic E-state index is 5.55. The first kappa shape index (κ1) is 9.92. The zero-order valence-corrected chi connectivity index (χ0v) is 8.07. The SMILES string of the molecule is CC(CN)C(C)Nc1ccncn1. The Morgan fingerprint density at radius 1 is 1.54 bits per heavy atom. The van der Waals surface area contributed by atoms with Crippen LogP contribution in [-0.4, -0.2) is 22.6 Å². The molecule has 0 aliphatic heterocycles. The third-order valence-corrected chi connectivity index (χ3v) is 2.18. The van der Waals surface area contributed by atoms with Gasteiger partial charge in [0.25, 0.3) is 0 Å². The summed E-state index contributed by atoms with van der Waals surface area (Å²) in [5, 5.41) is 3.26. The molecule has 0 amide bonds. The molecule has 4 nitrogen and oxygen atoms in total. The van der Waals surface area contributed by atoms with Crippen LogP contribution in [0.15, 0.2) is 18.6 Å². The van der Waals surface area contributed by atoms with Crippen LogP contribution in [0.2, 0.25) is 0 Å². The molecule has 0 radical (unpaired) electrons. The molecule has 4 heteroatoms. The van der Waals surface area contributed by atoms with Crippen LogP contribution in [0.5, 0.6) is 0 Å². The van der Waals surface area contributed by atoms with E-state index in [-0.39, 0.29) is 0 Å². The molecular weight excluding hydrogens is 164 g/mol. The van der Waals surface area contributed by atoms with Crippen LogP contribution in [-0.2, 0) is 0 Å². The molecule has 0 aromatic carbocycles. The van der Waals surface area contributed by atoms with E-state index in [1.807, 2.05) is 6.07 Å². The number of nitrogens with zero attached hydrogens (tertiary/aromatic N) is 2.